The molecule has 0 saturated heterocycles. The molecule has 1 aromatic carbocycles. The number of unbranched alkanes of at least 4 members (excludes halogenated alkanes) is 2. The standard InChI is InChI=1S/C16H19BrF2O4/c1-2-3-4-7-22-15(20)5-6-16(21)23-10-12-13(18)8-11(17)9-14(12)19/h8-9H,2-7,10H2,1H3. The Balaban J connectivity index is 2.31. The van der Waals surface area contributed by atoms with Gasteiger partial charge in [-0.1, -0.05) is 35.7 Å². The molecule has 0 aliphatic carbocycles. The summed E-state index contributed by atoms with van der Waals surface area (Å²) in [6.45, 7) is 1.85. The SMILES string of the molecule is CCCCCOC(=O)CCC(=O)OCc1c(F)cc(Br)cc1F. The maximum absolute atomic E-state index is 13.5. The summed E-state index contributed by atoms with van der Waals surface area (Å²) in [6, 6.07) is 2.17. The number of hydrogen-bond acceptors (Lipinski definition) is 4. The zero-order valence-electron chi connectivity index (χ0n) is 12.9. The van der Waals surface area contributed by atoms with Gasteiger partial charge < -0.3 is 9.47 Å². The van der Waals surface area contributed by atoms with Crippen molar-refractivity contribution in [1.82, 2.24) is 0 Å². The molecule has 128 valence electrons. The van der Waals surface area contributed by atoms with E-state index in [4.69, 9.17) is 9.47 Å². The van der Waals surface area contributed by atoms with Crippen LogP contribution in [0.2, 0.25) is 0 Å². The van der Waals surface area contributed by atoms with Crippen LogP contribution in [0.4, 0.5) is 8.78 Å². The normalized spacial score (nSPS) is 10.4. The molecule has 0 fully saturated rings. The minimum atomic E-state index is -0.806. The van der Waals surface area contributed by atoms with Crippen molar-refractivity contribution in [3.63, 3.8) is 0 Å². The third kappa shape index (κ3) is 7.54. The van der Waals surface area contributed by atoms with E-state index in [1.54, 1.807) is 0 Å². The Labute approximate surface area is 142 Å². The zero-order chi connectivity index (χ0) is 17.2. The van der Waals surface area contributed by atoms with E-state index in [0.717, 1.165) is 31.4 Å². The smallest absolute Gasteiger partial charge is 0.306 e. The molecule has 0 unspecified atom stereocenters. The first-order valence-corrected chi connectivity index (χ1v) is 8.18. The molecule has 1 aromatic rings. The van der Waals surface area contributed by atoms with E-state index in [1.807, 2.05) is 6.92 Å². The highest BCUT2D eigenvalue weighted by atomic mass is 79.9. The van der Waals surface area contributed by atoms with Gasteiger partial charge in [0.05, 0.1) is 25.0 Å². The first kappa shape index (κ1) is 19.5. The molecule has 0 aliphatic rings. The van der Waals surface area contributed by atoms with Crippen molar-refractivity contribution in [2.75, 3.05) is 6.61 Å². The number of hydrogen-bond donors (Lipinski definition) is 0. The zero-order valence-corrected chi connectivity index (χ0v) is 14.5. The lowest BCUT2D eigenvalue weighted by Gasteiger charge is -2.08. The largest absolute Gasteiger partial charge is 0.466 e. The van der Waals surface area contributed by atoms with Crippen LogP contribution in [-0.2, 0) is 25.7 Å². The lowest BCUT2D eigenvalue weighted by Crippen LogP contribution is -2.11. The van der Waals surface area contributed by atoms with Crippen LogP contribution in [0.25, 0.3) is 0 Å². The molecular weight excluding hydrogens is 374 g/mol. The lowest BCUT2D eigenvalue weighted by molar-refractivity contribution is -0.151. The Morgan fingerprint density at radius 1 is 1.04 bits per heavy atom. The second-order valence-corrected chi connectivity index (χ2v) is 5.85. The number of ether oxygens (including phenoxy) is 2. The van der Waals surface area contributed by atoms with Crippen molar-refractivity contribution in [2.45, 2.75) is 45.6 Å². The van der Waals surface area contributed by atoms with Crippen molar-refractivity contribution in [1.29, 1.82) is 0 Å². The predicted octanol–water partition coefficient (Wildman–Crippen LogP) is 4.28. The van der Waals surface area contributed by atoms with Crippen molar-refractivity contribution in [3.05, 3.63) is 33.8 Å². The maximum atomic E-state index is 13.5. The summed E-state index contributed by atoms with van der Waals surface area (Å²) < 4.78 is 37.1. The number of halogens is 3. The van der Waals surface area contributed by atoms with Crippen molar-refractivity contribution >= 4 is 27.9 Å². The minimum absolute atomic E-state index is 0.115. The fourth-order valence-corrected chi connectivity index (χ4v) is 2.15. The molecule has 1 rings (SSSR count). The fourth-order valence-electron chi connectivity index (χ4n) is 1.75. The maximum Gasteiger partial charge on any atom is 0.306 e. The highest BCUT2D eigenvalue weighted by Crippen LogP contribution is 2.20. The first-order chi connectivity index (χ1) is 10.9. The second-order valence-electron chi connectivity index (χ2n) is 4.94. The summed E-state index contributed by atoms with van der Waals surface area (Å²) in [6.07, 6.45) is 2.48. The van der Waals surface area contributed by atoms with E-state index in [9.17, 15) is 18.4 Å². The summed E-state index contributed by atoms with van der Waals surface area (Å²) in [7, 11) is 0. The molecule has 0 atom stereocenters. The molecule has 0 N–H and O–H groups in total. The number of esters is 2. The minimum Gasteiger partial charge on any atom is -0.466 e. The molecule has 0 bridgehead atoms. The molecule has 0 radical (unpaired) electrons. The third-order valence-electron chi connectivity index (χ3n) is 3.03. The lowest BCUT2D eigenvalue weighted by atomic mass is 10.2. The van der Waals surface area contributed by atoms with Gasteiger partial charge in [-0.2, -0.15) is 0 Å². The van der Waals surface area contributed by atoms with Crippen molar-refractivity contribution < 1.29 is 27.8 Å². The van der Waals surface area contributed by atoms with Gasteiger partial charge in [-0.25, -0.2) is 8.78 Å². The van der Waals surface area contributed by atoms with Crippen LogP contribution >= 0.6 is 15.9 Å². The van der Waals surface area contributed by atoms with Gasteiger partial charge >= 0.3 is 11.9 Å². The summed E-state index contributed by atoms with van der Waals surface area (Å²) in [5.74, 6) is -2.81. The van der Waals surface area contributed by atoms with Gasteiger partial charge in [0, 0.05) is 4.47 Å². The average Bonchev–Trinajstić information content (AvgIpc) is 2.48. The Bertz CT molecular complexity index is 526. The summed E-state index contributed by atoms with van der Waals surface area (Å²) in [4.78, 5) is 22.9. The van der Waals surface area contributed by atoms with Gasteiger partial charge in [-0.3, -0.25) is 9.59 Å². The third-order valence-corrected chi connectivity index (χ3v) is 3.49. The summed E-state index contributed by atoms with van der Waals surface area (Å²) >= 11 is 2.96. The van der Waals surface area contributed by atoms with E-state index in [1.165, 1.54) is 0 Å². The molecule has 0 saturated carbocycles. The Morgan fingerprint density at radius 2 is 1.61 bits per heavy atom. The second kappa shape index (κ2) is 10.3. The van der Waals surface area contributed by atoms with Gasteiger partial charge in [0.25, 0.3) is 0 Å². The van der Waals surface area contributed by atoms with Crippen LogP contribution in [0.15, 0.2) is 16.6 Å². The number of benzene rings is 1. The highest BCUT2D eigenvalue weighted by Gasteiger charge is 2.14. The van der Waals surface area contributed by atoms with Crippen molar-refractivity contribution in [2.24, 2.45) is 0 Å². The Morgan fingerprint density at radius 3 is 2.17 bits per heavy atom. The van der Waals surface area contributed by atoms with Gasteiger partial charge in [0.15, 0.2) is 0 Å². The van der Waals surface area contributed by atoms with E-state index in [-0.39, 0.29) is 22.9 Å². The van der Waals surface area contributed by atoms with Crippen LogP contribution < -0.4 is 0 Å². The van der Waals surface area contributed by atoms with E-state index >= 15 is 0 Å². The molecule has 0 aliphatic heterocycles. The molecule has 4 nitrogen and oxygen atoms in total. The first-order valence-electron chi connectivity index (χ1n) is 7.38. The van der Waals surface area contributed by atoms with Crippen LogP contribution in [0.5, 0.6) is 0 Å². The predicted molar refractivity (Wildman–Crippen MR) is 83.6 cm³/mol. The average molecular weight is 393 g/mol. The number of carbonyl (C=O) groups excluding carboxylic acids is 2. The van der Waals surface area contributed by atoms with Gasteiger partial charge in [0.1, 0.15) is 18.2 Å². The quantitative estimate of drug-likeness (QED) is 0.464. The molecular formula is C16H19BrF2O4. The van der Waals surface area contributed by atoms with Crippen molar-refractivity contribution in [3.8, 4) is 0 Å². The monoisotopic (exact) mass is 392 g/mol. The van der Waals surface area contributed by atoms with Crippen LogP contribution in [-0.4, -0.2) is 18.5 Å². The summed E-state index contributed by atoms with van der Waals surface area (Å²) in [5.41, 5.74) is -0.330. The van der Waals surface area contributed by atoms with E-state index < -0.39 is 30.2 Å². The molecule has 0 heterocycles. The topological polar surface area (TPSA) is 52.6 Å². The molecule has 0 amide bonds. The molecule has 0 spiro atoms. The Hall–Kier alpha value is -1.50. The molecule has 23 heavy (non-hydrogen) atoms. The van der Waals surface area contributed by atoms with Crippen LogP contribution in [0.3, 0.4) is 0 Å². The highest BCUT2D eigenvalue weighted by molar-refractivity contribution is 9.10. The summed E-state index contributed by atoms with van der Waals surface area (Å²) in [5, 5.41) is 0. The van der Waals surface area contributed by atoms with Gasteiger partial charge in [-0.05, 0) is 18.6 Å². The van der Waals surface area contributed by atoms with Gasteiger partial charge in [0.2, 0.25) is 0 Å². The van der Waals surface area contributed by atoms with Crippen LogP contribution in [0.1, 0.15) is 44.6 Å². The number of carbonyl (C=O) groups is 2. The van der Waals surface area contributed by atoms with E-state index in [0.29, 0.717) is 6.61 Å². The molecule has 0 aromatic heterocycles. The Kier molecular flexibility index (Phi) is 8.76. The van der Waals surface area contributed by atoms with Crippen LogP contribution in [0, 0.1) is 11.6 Å². The fraction of sp³-hybridized carbons (Fsp3) is 0.500. The molecule has 7 heteroatoms. The van der Waals surface area contributed by atoms with Gasteiger partial charge in [-0.15, -0.1) is 0 Å². The number of rotatable bonds is 9. The van der Waals surface area contributed by atoms with E-state index in [2.05, 4.69) is 15.9 Å².